The lowest BCUT2D eigenvalue weighted by Gasteiger charge is -2.16. The van der Waals surface area contributed by atoms with Crippen molar-refractivity contribution in [2.24, 2.45) is 0 Å². The van der Waals surface area contributed by atoms with E-state index in [1.54, 1.807) is 13.8 Å². The van der Waals surface area contributed by atoms with E-state index in [1.165, 1.54) is 55.0 Å². The third-order valence-electron chi connectivity index (χ3n) is 4.22. The lowest BCUT2D eigenvalue weighted by molar-refractivity contribution is -0.154. The Morgan fingerprint density at radius 1 is 1.16 bits per heavy atom. The van der Waals surface area contributed by atoms with Crippen LogP contribution in [0.1, 0.15) is 29.9 Å². The Hall–Kier alpha value is -3.73. The number of rotatable bonds is 6. The molecule has 0 aliphatic carbocycles. The van der Waals surface area contributed by atoms with E-state index in [2.05, 4.69) is 15.3 Å². The molecule has 168 valence electrons. The Morgan fingerprint density at radius 2 is 1.91 bits per heavy atom. The molecule has 0 radical (unpaired) electrons. The van der Waals surface area contributed by atoms with Crippen LogP contribution in [0.25, 0.3) is 5.69 Å². The summed E-state index contributed by atoms with van der Waals surface area (Å²) >= 11 is 0. The van der Waals surface area contributed by atoms with Crippen LogP contribution in [0.3, 0.4) is 0 Å². The molecule has 0 fully saturated rings. The van der Waals surface area contributed by atoms with Crippen molar-refractivity contribution in [2.45, 2.75) is 25.6 Å². The average Bonchev–Trinajstić information content (AvgIpc) is 2.72. The number of nitrogens with one attached hydrogen (secondary N) is 1. The molecule has 8 nitrogen and oxygen atoms in total. The number of nitrogens with zero attached hydrogens (tertiary/aromatic N) is 3. The fraction of sp³-hybridized carbons (Fsp3) is 0.238. The van der Waals surface area contributed by atoms with Crippen molar-refractivity contribution in [1.82, 2.24) is 14.5 Å². The smallest absolute Gasteiger partial charge is 0.422 e. The topological polar surface area (TPSA) is 106 Å². The molecule has 3 heterocycles. The van der Waals surface area contributed by atoms with Crippen LogP contribution in [0.5, 0.6) is 5.88 Å². The number of hydrogen-bond acceptors (Lipinski definition) is 6. The van der Waals surface area contributed by atoms with Crippen molar-refractivity contribution >= 4 is 11.6 Å². The molecular formula is C21H19F3N4O4. The number of amides is 1. The number of pyridine rings is 3. The van der Waals surface area contributed by atoms with E-state index in [4.69, 9.17) is 4.74 Å². The van der Waals surface area contributed by atoms with Gasteiger partial charge < -0.3 is 15.2 Å². The van der Waals surface area contributed by atoms with E-state index in [1.807, 2.05) is 0 Å². The average molecular weight is 448 g/mol. The van der Waals surface area contributed by atoms with Crippen LogP contribution in [-0.4, -0.2) is 38.3 Å². The normalized spacial score (nSPS) is 11.8. The third kappa shape index (κ3) is 5.49. The number of carbonyl (C=O) groups excluding carboxylic acids is 1. The number of carbonyl (C=O) groups is 1. The predicted molar refractivity (Wildman–Crippen MR) is 109 cm³/mol. The van der Waals surface area contributed by atoms with E-state index in [0.29, 0.717) is 5.69 Å². The molecule has 2 N–H and O–H groups in total. The summed E-state index contributed by atoms with van der Waals surface area (Å²) in [6.45, 7) is 1.54. The molecule has 0 spiro atoms. The van der Waals surface area contributed by atoms with Crippen molar-refractivity contribution in [3.63, 3.8) is 0 Å². The Kier molecular flexibility index (Phi) is 6.30. The van der Waals surface area contributed by atoms with Crippen molar-refractivity contribution in [1.29, 1.82) is 0 Å². The van der Waals surface area contributed by atoms with Crippen LogP contribution in [0, 0.1) is 0 Å². The molecule has 32 heavy (non-hydrogen) atoms. The minimum atomic E-state index is -4.59. The summed E-state index contributed by atoms with van der Waals surface area (Å²) in [6.07, 6.45) is -0.745. The highest BCUT2D eigenvalue weighted by Gasteiger charge is 2.29. The second-order valence-electron chi connectivity index (χ2n) is 7.27. The maximum atomic E-state index is 12.9. The minimum Gasteiger partial charge on any atom is -0.467 e. The number of alkyl halides is 3. The molecule has 0 atom stereocenters. The van der Waals surface area contributed by atoms with Crippen molar-refractivity contribution in [3.05, 3.63) is 76.6 Å². The SMILES string of the molecule is CC(C)(O)c1ccc(NC(=O)c2cccn(-c3cccnc3OCC(F)(F)F)c2=O)cn1. The molecule has 11 heteroatoms. The molecule has 3 aromatic heterocycles. The number of aliphatic hydroxyl groups is 1. The van der Waals surface area contributed by atoms with Crippen LogP contribution in [0.4, 0.5) is 18.9 Å². The first kappa shape index (κ1) is 22.9. The molecule has 0 unspecified atom stereocenters. The second-order valence-corrected chi connectivity index (χ2v) is 7.27. The molecule has 0 saturated carbocycles. The summed E-state index contributed by atoms with van der Waals surface area (Å²) in [5.41, 5.74) is -1.58. The van der Waals surface area contributed by atoms with Crippen LogP contribution < -0.4 is 15.6 Å². The van der Waals surface area contributed by atoms with Crippen LogP contribution in [0.2, 0.25) is 0 Å². The van der Waals surface area contributed by atoms with Gasteiger partial charge in [-0.15, -0.1) is 0 Å². The first-order valence-corrected chi connectivity index (χ1v) is 9.32. The first-order valence-electron chi connectivity index (χ1n) is 9.32. The molecule has 3 rings (SSSR count). The zero-order chi connectivity index (χ0) is 23.5. The second kappa shape index (κ2) is 8.79. The van der Waals surface area contributed by atoms with Crippen LogP contribution in [0.15, 0.2) is 59.8 Å². The van der Waals surface area contributed by atoms with E-state index in [0.717, 1.165) is 4.57 Å². The van der Waals surface area contributed by atoms with Gasteiger partial charge in [0.15, 0.2) is 6.61 Å². The molecule has 0 aliphatic rings. The van der Waals surface area contributed by atoms with E-state index in [9.17, 15) is 27.9 Å². The maximum absolute atomic E-state index is 12.9. The zero-order valence-corrected chi connectivity index (χ0v) is 17.1. The molecule has 0 aliphatic heterocycles. The molecule has 0 bridgehead atoms. The van der Waals surface area contributed by atoms with Gasteiger partial charge >= 0.3 is 6.18 Å². The van der Waals surface area contributed by atoms with Gasteiger partial charge in [0.2, 0.25) is 5.88 Å². The zero-order valence-electron chi connectivity index (χ0n) is 17.1. The number of hydrogen-bond donors (Lipinski definition) is 2. The fourth-order valence-corrected chi connectivity index (χ4v) is 2.71. The summed E-state index contributed by atoms with van der Waals surface area (Å²) in [5.74, 6) is -1.15. The van der Waals surface area contributed by atoms with E-state index < -0.39 is 35.7 Å². The largest absolute Gasteiger partial charge is 0.467 e. The van der Waals surface area contributed by atoms with Gasteiger partial charge in [-0.1, -0.05) is 0 Å². The fourth-order valence-electron chi connectivity index (χ4n) is 2.71. The number of halogens is 3. The van der Waals surface area contributed by atoms with Crippen molar-refractivity contribution in [3.8, 4) is 11.6 Å². The monoisotopic (exact) mass is 448 g/mol. The van der Waals surface area contributed by atoms with Gasteiger partial charge in [-0.2, -0.15) is 13.2 Å². The maximum Gasteiger partial charge on any atom is 0.422 e. The first-order chi connectivity index (χ1) is 15.0. The quantitative estimate of drug-likeness (QED) is 0.601. The number of anilines is 1. The summed E-state index contributed by atoms with van der Waals surface area (Å²) < 4.78 is 43.3. The third-order valence-corrected chi connectivity index (χ3v) is 4.22. The van der Waals surface area contributed by atoms with Gasteiger partial charge in [-0.3, -0.25) is 19.1 Å². The summed E-state index contributed by atoms with van der Waals surface area (Å²) in [5, 5.41) is 12.5. The highest BCUT2D eigenvalue weighted by molar-refractivity contribution is 6.03. The minimum absolute atomic E-state index is 0.0485. The Balaban J connectivity index is 1.88. The Morgan fingerprint density at radius 3 is 2.53 bits per heavy atom. The van der Waals surface area contributed by atoms with E-state index >= 15 is 0 Å². The van der Waals surface area contributed by atoms with Gasteiger partial charge in [0.05, 0.1) is 17.6 Å². The Labute approximate surface area is 180 Å². The number of ether oxygens (including phenoxy) is 1. The van der Waals surface area contributed by atoms with Gasteiger partial charge in [-0.25, -0.2) is 4.98 Å². The lowest BCUT2D eigenvalue weighted by atomic mass is 10.1. The van der Waals surface area contributed by atoms with Crippen LogP contribution in [-0.2, 0) is 5.60 Å². The highest BCUT2D eigenvalue weighted by Crippen LogP contribution is 2.22. The predicted octanol–water partition coefficient (Wildman–Crippen LogP) is 3.05. The molecule has 1 amide bonds. The molecule has 0 saturated heterocycles. The number of aromatic nitrogens is 3. The summed E-state index contributed by atoms with van der Waals surface area (Å²) in [6, 6.07) is 8.49. The molecule has 0 aromatic carbocycles. The van der Waals surface area contributed by atoms with Crippen LogP contribution >= 0.6 is 0 Å². The van der Waals surface area contributed by atoms with Gasteiger partial charge in [-0.05, 0) is 50.2 Å². The van der Waals surface area contributed by atoms with Gasteiger partial charge in [0.25, 0.3) is 11.5 Å². The van der Waals surface area contributed by atoms with Crippen molar-refractivity contribution in [2.75, 3.05) is 11.9 Å². The Bertz CT molecular complexity index is 1170. The standard InChI is InChI=1S/C21H19F3N4O4/c1-20(2,31)16-8-7-13(11-26-16)27-17(29)14-5-4-10-28(19(14)30)15-6-3-9-25-18(15)32-12-21(22,23)24/h3-11,31H,12H2,1-2H3,(H,27,29). The van der Waals surface area contributed by atoms with Crippen molar-refractivity contribution < 1.29 is 27.8 Å². The lowest BCUT2D eigenvalue weighted by Crippen LogP contribution is -2.28. The summed E-state index contributed by atoms with van der Waals surface area (Å²) in [4.78, 5) is 33.4. The van der Waals surface area contributed by atoms with Gasteiger partial charge in [0.1, 0.15) is 16.9 Å². The summed E-state index contributed by atoms with van der Waals surface area (Å²) in [7, 11) is 0. The van der Waals surface area contributed by atoms with E-state index in [-0.39, 0.29) is 16.9 Å². The molecule has 3 aromatic rings. The van der Waals surface area contributed by atoms with Gasteiger partial charge in [0, 0.05) is 12.4 Å². The molecular weight excluding hydrogens is 429 g/mol. The highest BCUT2D eigenvalue weighted by atomic mass is 19.4.